The molecule has 19 heavy (non-hydrogen) atoms. The van der Waals surface area contributed by atoms with Gasteiger partial charge in [-0.3, -0.25) is 4.79 Å². The van der Waals surface area contributed by atoms with Gasteiger partial charge in [-0.25, -0.2) is 4.79 Å². The summed E-state index contributed by atoms with van der Waals surface area (Å²) in [4.78, 5) is 24.5. The predicted molar refractivity (Wildman–Crippen MR) is 66.8 cm³/mol. The van der Waals surface area contributed by atoms with Crippen LogP contribution in [0.1, 0.15) is 32.1 Å². The molecule has 1 N–H and O–H groups in total. The Morgan fingerprint density at radius 3 is 2.74 bits per heavy atom. The number of morpholine rings is 1. The van der Waals surface area contributed by atoms with Gasteiger partial charge in [0.25, 0.3) is 0 Å². The van der Waals surface area contributed by atoms with E-state index in [1.54, 1.807) is 4.90 Å². The molecule has 0 aromatic rings. The Balaban J connectivity index is 1.74. The lowest BCUT2D eigenvalue weighted by Gasteiger charge is -2.31. The quantitative estimate of drug-likeness (QED) is 0.812. The van der Waals surface area contributed by atoms with Gasteiger partial charge in [0, 0.05) is 19.6 Å². The fourth-order valence-electron chi connectivity index (χ4n) is 2.50. The van der Waals surface area contributed by atoms with Gasteiger partial charge < -0.3 is 19.5 Å². The average Bonchev–Trinajstić information content (AvgIpc) is 2.46. The predicted octanol–water partition coefficient (Wildman–Crippen LogP) is 0.648. The molecular weight excluding hydrogens is 250 g/mol. The van der Waals surface area contributed by atoms with Crippen molar-refractivity contribution >= 4 is 11.9 Å². The summed E-state index contributed by atoms with van der Waals surface area (Å²) in [5, 5.41) is 8.89. The monoisotopic (exact) mass is 271 g/mol. The van der Waals surface area contributed by atoms with Crippen molar-refractivity contribution in [3.8, 4) is 0 Å². The summed E-state index contributed by atoms with van der Waals surface area (Å²) >= 11 is 0. The largest absolute Gasteiger partial charge is 0.479 e. The van der Waals surface area contributed by atoms with Gasteiger partial charge in [-0.05, 0) is 25.7 Å². The van der Waals surface area contributed by atoms with Crippen molar-refractivity contribution in [3.63, 3.8) is 0 Å². The summed E-state index contributed by atoms with van der Waals surface area (Å²) in [5.41, 5.74) is 0. The van der Waals surface area contributed by atoms with E-state index in [-0.39, 0.29) is 18.6 Å². The average molecular weight is 271 g/mol. The second-order valence-electron chi connectivity index (χ2n) is 5.06. The Hall–Kier alpha value is -1.14. The van der Waals surface area contributed by atoms with Crippen molar-refractivity contribution < 1.29 is 24.2 Å². The van der Waals surface area contributed by atoms with Gasteiger partial charge in [-0.1, -0.05) is 0 Å². The van der Waals surface area contributed by atoms with Crippen LogP contribution >= 0.6 is 0 Å². The minimum atomic E-state index is -1.01. The van der Waals surface area contributed by atoms with Crippen molar-refractivity contribution in [1.29, 1.82) is 0 Å². The first-order chi connectivity index (χ1) is 9.16. The van der Waals surface area contributed by atoms with Crippen LogP contribution in [0.25, 0.3) is 0 Å². The van der Waals surface area contributed by atoms with Gasteiger partial charge in [-0.2, -0.15) is 0 Å². The van der Waals surface area contributed by atoms with Crippen LogP contribution < -0.4 is 0 Å². The Bertz CT molecular complexity index is 327. The van der Waals surface area contributed by atoms with E-state index in [2.05, 4.69) is 0 Å². The number of nitrogens with zero attached hydrogens (tertiary/aromatic N) is 1. The number of hydrogen-bond acceptors (Lipinski definition) is 4. The molecule has 0 spiro atoms. The maximum absolute atomic E-state index is 12.0. The smallest absolute Gasteiger partial charge is 0.334 e. The van der Waals surface area contributed by atoms with Crippen LogP contribution in [0.3, 0.4) is 0 Å². The van der Waals surface area contributed by atoms with E-state index in [1.165, 1.54) is 0 Å². The number of carboxylic acids is 1. The van der Waals surface area contributed by atoms with Gasteiger partial charge in [0.2, 0.25) is 5.91 Å². The van der Waals surface area contributed by atoms with Crippen molar-refractivity contribution in [2.24, 2.45) is 0 Å². The molecule has 2 aliphatic rings. The molecule has 0 aliphatic carbocycles. The highest BCUT2D eigenvalue weighted by atomic mass is 16.5. The fraction of sp³-hybridized carbons (Fsp3) is 0.846. The molecule has 0 aromatic heterocycles. The number of carbonyl (C=O) groups is 2. The van der Waals surface area contributed by atoms with Crippen molar-refractivity contribution in [2.45, 2.75) is 44.3 Å². The van der Waals surface area contributed by atoms with E-state index in [4.69, 9.17) is 14.6 Å². The number of carbonyl (C=O) groups excluding carboxylic acids is 1. The zero-order valence-corrected chi connectivity index (χ0v) is 11.0. The summed E-state index contributed by atoms with van der Waals surface area (Å²) in [6.45, 7) is 1.72. The van der Waals surface area contributed by atoms with Crippen molar-refractivity contribution in [3.05, 3.63) is 0 Å². The van der Waals surface area contributed by atoms with Gasteiger partial charge in [0.15, 0.2) is 6.10 Å². The van der Waals surface area contributed by atoms with E-state index in [1.807, 2.05) is 0 Å². The SMILES string of the molecule is O=C(O)[C@@H]1CN(C(=O)CC[C@H]2CCCCO2)CCO1. The van der Waals surface area contributed by atoms with E-state index in [9.17, 15) is 9.59 Å². The van der Waals surface area contributed by atoms with Crippen LogP contribution in [0.15, 0.2) is 0 Å². The maximum Gasteiger partial charge on any atom is 0.334 e. The number of aliphatic carboxylic acids is 1. The first-order valence-corrected chi connectivity index (χ1v) is 6.90. The number of hydrogen-bond donors (Lipinski definition) is 1. The van der Waals surface area contributed by atoms with Crippen LogP contribution in [0, 0.1) is 0 Å². The van der Waals surface area contributed by atoms with Crippen LogP contribution in [-0.4, -0.2) is 60.4 Å². The Morgan fingerprint density at radius 1 is 1.21 bits per heavy atom. The second kappa shape index (κ2) is 6.86. The molecular formula is C13H21NO5. The zero-order chi connectivity index (χ0) is 13.7. The van der Waals surface area contributed by atoms with Gasteiger partial charge in [0.1, 0.15) is 0 Å². The molecule has 2 atom stereocenters. The molecule has 0 bridgehead atoms. The molecule has 6 heteroatoms. The fourth-order valence-corrected chi connectivity index (χ4v) is 2.50. The third-order valence-electron chi connectivity index (χ3n) is 3.65. The van der Waals surface area contributed by atoms with Gasteiger partial charge >= 0.3 is 5.97 Å². The Kier molecular flexibility index (Phi) is 5.15. The molecule has 2 heterocycles. The molecule has 108 valence electrons. The molecule has 0 radical (unpaired) electrons. The highest BCUT2D eigenvalue weighted by Gasteiger charge is 2.29. The highest BCUT2D eigenvalue weighted by Crippen LogP contribution is 2.18. The van der Waals surface area contributed by atoms with Crippen LogP contribution in [0.5, 0.6) is 0 Å². The Labute approximate surface area is 112 Å². The summed E-state index contributed by atoms with van der Waals surface area (Å²) in [5.74, 6) is -1.00. The lowest BCUT2D eigenvalue weighted by Crippen LogP contribution is -2.48. The van der Waals surface area contributed by atoms with Crippen LogP contribution in [0.4, 0.5) is 0 Å². The van der Waals surface area contributed by atoms with Crippen LogP contribution in [0.2, 0.25) is 0 Å². The first-order valence-electron chi connectivity index (χ1n) is 6.90. The van der Waals surface area contributed by atoms with Crippen molar-refractivity contribution in [2.75, 3.05) is 26.3 Å². The topological polar surface area (TPSA) is 76.1 Å². The molecule has 6 nitrogen and oxygen atoms in total. The lowest BCUT2D eigenvalue weighted by molar-refractivity contribution is -0.159. The molecule has 2 rings (SSSR count). The van der Waals surface area contributed by atoms with E-state index >= 15 is 0 Å². The van der Waals surface area contributed by atoms with E-state index < -0.39 is 12.1 Å². The number of carboxylic acid groups (broad SMARTS) is 1. The normalized spacial score (nSPS) is 28.1. The lowest BCUT2D eigenvalue weighted by atomic mass is 10.0. The summed E-state index contributed by atoms with van der Waals surface area (Å²) < 4.78 is 10.7. The minimum absolute atomic E-state index is 0.00345. The molecule has 1 amide bonds. The third kappa shape index (κ3) is 4.18. The standard InChI is InChI=1S/C13H21NO5/c15-12(5-4-10-3-1-2-7-18-10)14-6-8-19-11(9-14)13(16)17/h10-11H,1-9H2,(H,16,17)/t10-,11+/m1/s1. The van der Waals surface area contributed by atoms with E-state index in [0.29, 0.717) is 19.6 Å². The van der Waals surface area contributed by atoms with E-state index in [0.717, 1.165) is 32.3 Å². The molecule has 0 aromatic carbocycles. The second-order valence-corrected chi connectivity index (χ2v) is 5.06. The molecule has 2 fully saturated rings. The van der Waals surface area contributed by atoms with Crippen molar-refractivity contribution in [1.82, 2.24) is 4.90 Å². The first kappa shape index (κ1) is 14.3. The summed E-state index contributed by atoms with van der Waals surface area (Å²) in [6.07, 6.45) is 3.75. The third-order valence-corrected chi connectivity index (χ3v) is 3.65. The maximum atomic E-state index is 12.0. The van der Waals surface area contributed by atoms with Crippen LogP contribution in [-0.2, 0) is 19.1 Å². The Morgan fingerprint density at radius 2 is 2.05 bits per heavy atom. The molecule has 2 saturated heterocycles. The minimum Gasteiger partial charge on any atom is -0.479 e. The molecule has 0 unspecified atom stereocenters. The zero-order valence-electron chi connectivity index (χ0n) is 11.0. The number of rotatable bonds is 4. The highest BCUT2D eigenvalue weighted by molar-refractivity contribution is 5.78. The number of amides is 1. The molecule has 2 aliphatic heterocycles. The van der Waals surface area contributed by atoms with Gasteiger partial charge in [-0.15, -0.1) is 0 Å². The number of ether oxygens (including phenoxy) is 2. The summed E-state index contributed by atoms with van der Waals surface area (Å²) in [7, 11) is 0. The molecule has 0 saturated carbocycles. The summed E-state index contributed by atoms with van der Waals surface area (Å²) in [6, 6.07) is 0. The van der Waals surface area contributed by atoms with Gasteiger partial charge in [0.05, 0.1) is 19.3 Å².